The molecule has 0 atom stereocenters. The van der Waals surface area contributed by atoms with Gasteiger partial charge in [0.2, 0.25) is 0 Å². The zero-order valence-corrected chi connectivity index (χ0v) is 12.7. The monoisotopic (exact) mass is 311 g/mol. The molecule has 1 aromatic rings. The Balaban J connectivity index is 1.70. The summed E-state index contributed by atoms with van der Waals surface area (Å²) in [4.78, 5) is 6.34. The van der Waals surface area contributed by atoms with E-state index in [1.54, 1.807) is 12.1 Å². The maximum Gasteiger partial charge on any atom is 0.262 e. The van der Waals surface area contributed by atoms with Gasteiger partial charge in [-0.05, 0) is 30.9 Å². The second-order valence-corrected chi connectivity index (χ2v) is 7.50. The van der Waals surface area contributed by atoms with Crippen molar-refractivity contribution in [1.82, 2.24) is 14.2 Å². The van der Waals surface area contributed by atoms with Crippen molar-refractivity contribution in [1.29, 1.82) is 0 Å². The molecule has 3 rings (SSSR count). The fourth-order valence-electron chi connectivity index (χ4n) is 2.65. The normalized spacial score (nSPS) is 21.4. The van der Waals surface area contributed by atoms with E-state index >= 15 is 0 Å². The summed E-state index contributed by atoms with van der Waals surface area (Å²) < 4.78 is 26.8. The van der Waals surface area contributed by atoms with E-state index in [9.17, 15) is 8.42 Å². The first kappa shape index (κ1) is 14.7. The predicted molar refractivity (Wildman–Crippen MR) is 80.0 cm³/mol. The first-order valence-electron chi connectivity index (χ1n) is 7.25. The molecule has 3 N–H and O–H groups in total. The van der Waals surface area contributed by atoms with Crippen LogP contribution in [0.1, 0.15) is 12.8 Å². The smallest absolute Gasteiger partial charge is 0.262 e. The minimum absolute atomic E-state index is 0.00291. The number of nitrogens with two attached hydrogens (primary N) is 1. The van der Waals surface area contributed by atoms with Crippen molar-refractivity contribution in [2.24, 2.45) is 11.8 Å². The van der Waals surface area contributed by atoms with Crippen LogP contribution in [0.4, 0.5) is 5.69 Å². The number of aromatic nitrogens is 1. The zero-order chi connectivity index (χ0) is 14.9. The molecule has 21 heavy (non-hydrogen) atoms. The molecular formula is C13H21N5O2S. The lowest BCUT2D eigenvalue weighted by Crippen LogP contribution is -2.49. The number of anilines is 1. The third-order valence-electron chi connectivity index (χ3n) is 4.06. The number of hydrogen-bond acceptors (Lipinski definition) is 6. The summed E-state index contributed by atoms with van der Waals surface area (Å²) in [5, 5.41) is 0.00291. The van der Waals surface area contributed by atoms with Crippen molar-refractivity contribution >= 4 is 15.7 Å². The van der Waals surface area contributed by atoms with Crippen molar-refractivity contribution in [3.63, 3.8) is 0 Å². The standard InChI is InChI=1S/C13H21N5O2S/c14-16-12-2-1-5-15-13(12)21(19,20)18-8-6-17(7-9-18)10-11-3-4-11/h1-2,5,11,16H,3-4,6-10,14H2. The van der Waals surface area contributed by atoms with Gasteiger partial charge in [0.15, 0.2) is 5.03 Å². The van der Waals surface area contributed by atoms with Crippen molar-refractivity contribution in [3.8, 4) is 0 Å². The highest BCUT2D eigenvalue weighted by molar-refractivity contribution is 7.89. The Hall–Kier alpha value is -1.22. The fourth-order valence-corrected chi connectivity index (χ4v) is 4.13. The molecule has 116 valence electrons. The van der Waals surface area contributed by atoms with Gasteiger partial charge < -0.3 is 10.3 Å². The highest BCUT2D eigenvalue weighted by atomic mass is 32.2. The Morgan fingerprint density at radius 1 is 1.29 bits per heavy atom. The van der Waals surface area contributed by atoms with Gasteiger partial charge in [-0.3, -0.25) is 5.84 Å². The number of nitrogens with one attached hydrogen (secondary N) is 1. The molecule has 0 bridgehead atoms. The summed E-state index contributed by atoms with van der Waals surface area (Å²) in [7, 11) is -3.59. The SMILES string of the molecule is NNc1cccnc1S(=O)(=O)N1CCN(CC2CC2)CC1. The van der Waals surface area contributed by atoms with Gasteiger partial charge in [-0.25, -0.2) is 13.4 Å². The van der Waals surface area contributed by atoms with Gasteiger partial charge in [-0.15, -0.1) is 0 Å². The van der Waals surface area contributed by atoms with Gasteiger partial charge in [0.05, 0.1) is 5.69 Å². The number of nitrogens with zero attached hydrogens (tertiary/aromatic N) is 3. The summed E-state index contributed by atoms with van der Waals surface area (Å²) in [6.07, 6.45) is 4.10. The van der Waals surface area contributed by atoms with E-state index in [4.69, 9.17) is 5.84 Å². The lowest BCUT2D eigenvalue weighted by Gasteiger charge is -2.33. The van der Waals surface area contributed by atoms with Crippen LogP contribution in [0.15, 0.2) is 23.4 Å². The summed E-state index contributed by atoms with van der Waals surface area (Å²) >= 11 is 0. The molecule has 1 saturated carbocycles. The van der Waals surface area contributed by atoms with Crippen LogP contribution in [-0.4, -0.2) is 55.3 Å². The quantitative estimate of drug-likeness (QED) is 0.591. The first-order chi connectivity index (χ1) is 10.1. The number of hydrazine groups is 1. The van der Waals surface area contributed by atoms with Crippen molar-refractivity contribution in [2.45, 2.75) is 17.9 Å². The molecular weight excluding hydrogens is 290 g/mol. The molecule has 0 unspecified atom stereocenters. The number of sulfonamides is 1. The second-order valence-electron chi connectivity index (χ2n) is 5.65. The molecule has 0 radical (unpaired) electrons. The largest absolute Gasteiger partial charge is 0.321 e. The molecule has 0 amide bonds. The van der Waals surface area contributed by atoms with Gasteiger partial charge in [0.1, 0.15) is 0 Å². The van der Waals surface area contributed by atoms with Crippen molar-refractivity contribution < 1.29 is 8.42 Å². The maximum atomic E-state index is 12.7. The molecule has 7 nitrogen and oxygen atoms in total. The average molecular weight is 311 g/mol. The highest BCUT2D eigenvalue weighted by Gasteiger charge is 2.33. The Labute approximate surface area is 125 Å². The zero-order valence-electron chi connectivity index (χ0n) is 11.9. The van der Waals surface area contributed by atoms with Crippen LogP contribution in [0.2, 0.25) is 0 Å². The highest BCUT2D eigenvalue weighted by Crippen LogP contribution is 2.30. The fraction of sp³-hybridized carbons (Fsp3) is 0.615. The van der Waals surface area contributed by atoms with Crippen molar-refractivity contribution in [2.75, 3.05) is 38.1 Å². The van der Waals surface area contributed by atoms with E-state index in [1.807, 2.05) is 0 Å². The summed E-state index contributed by atoms with van der Waals surface area (Å²) in [6, 6.07) is 3.27. The van der Waals surface area contributed by atoms with Crippen LogP contribution in [-0.2, 0) is 10.0 Å². The molecule has 2 aliphatic rings. The molecule has 2 fully saturated rings. The molecule has 1 aromatic heterocycles. The minimum atomic E-state index is -3.59. The van der Waals surface area contributed by atoms with Gasteiger partial charge in [0.25, 0.3) is 10.0 Å². The van der Waals surface area contributed by atoms with E-state index in [2.05, 4.69) is 15.3 Å². The third-order valence-corrected chi connectivity index (χ3v) is 5.91. The summed E-state index contributed by atoms with van der Waals surface area (Å²) in [6.45, 7) is 3.69. The van der Waals surface area contributed by atoms with E-state index in [0.717, 1.165) is 25.6 Å². The lowest BCUT2D eigenvalue weighted by molar-refractivity contribution is 0.182. The number of rotatable bonds is 5. The Bertz CT molecular complexity index is 594. The van der Waals surface area contributed by atoms with Crippen LogP contribution in [0.25, 0.3) is 0 Å². The number of hydrogen-bond donors (Lipinski definition) is 2. The van der Waals surface area contributed by atoms with Crippen LogP contribution >= 0.6 is 0 Å². The minimum Gasteiger partial charge on any atom is -0.321 e. The lowest BCUT2D eigenvalue weighted by atomic mass is 10.3. The molecule has 2 heterocycles. The average Bonchev–Trinajstić information content (AvgIpc) is 3.32. The third kappa shape index (κ3) is 3.18. The number of piperazine rings is 1. The van der Waals surface area contributed by atoms with E-state index in [0.29, 0.717) is 18.8 Å². The van der Waals surface area contributed by atoms with Crippen LogP contribution in [0, 0.1) is 5.92 Å². The van der Waals surface area contributed by atoms with E-state index in [-0.39, 0.29) is 5.03 Å². The van der Waals surface area contributed by atoms with Gasteiger partial charge >= 0.3 is 0 Å². The second kappa shape index (κ2) is 5.88. The van der Waals surface area contributed by atoms with Gasteiger partial charge in [-0.1, -0.05) is 0 Å². The van der Waals surface area contributed by atoms with Gasteiger partial charge in [0, 0.05) is 38.9 Å². The Kier molecular flexibility index (Phi) is 4.12. The van der Waals surface area contributed by atoms with Crippen LogP contribution in [0.5, 0.6) is 0 Å². The Morgan fingerprint density at radius 2 is 2.00 bits per heavy atom. The van der Waals surface area contributed by atoms with Crippen LogP contribution < -0.4 is 11.3 Å². The summed E-state index contributed by atoms with van der Waals surface area (Å²) in [5.41, 5.74) is 2.74. The molecule has 8 heteroatoms. The predicted octanol–water partition coefficient (Wildman–Crippen LogP) is 0.0835. The molecule has 0 aromatic carbocycles. The summed E-state index contributed by atoms with van der Waals surface area (Å²) in [5.74, 6) is 6.21. The van der Waals surface area contributed by atoms with E-state index < -0.39 is 10.0 Å². The van der Waals surface area contributed by atoms with Gasteiger partial charge in [-0.2, -0.15) is 4.31 Å². The first-order valence-corrected chi connectivity index (χ1v) is 8.69. The molecule has 1 aliphatic heterocycles. The molecule has 0 spiro atoms. The number of nitrogen functional groups attached to an aromatic ring is 1. The molecule has 1 saturated heterocycles. The van der Waals surface area contributed by atoms with Crippen LogP contribution in [0.3, 0.4) is 0 Å². The van der Waals surface area contributed by atoms with Crippen molar-refractivity contribution in [3.05, 3.63) is 18.3 Å². The topological polar surface area (TPSA) is 91.6 Å². The molecule has 1 aliphatic carbocycles. The number of pyridine rings is 1. The maximum absolute atomic E-state index is 12.7. The Morgan fingerprint density at radius 3 is 2.62 bits per heavy atom. The van der Waals surface area contributed by atoms with E-state index in [1.165, 1.54) is 23.3 Å².